The first kappa shape index (κ1) is 16.2. The predicted octanol–water partition coefficient (Wildman–Crippen LogP) is 2.68. The molecule has 3 heterocycles. The van der Waals surface area contributed by atoms with E-state index in [9.17, 15) is 9.90 Å². The maximum atomic E-state index is 12.6. The predicted molar refractivity (Wildman–Crippen MR) is 90.6 cm³/mol. The molecule has 2 aromatic rings. The Kier molecular flexibility index (Phi) is 4.55. The smallest absolute Gasteiger partial charge is 0.254 e. The second kappa shape index (κ2) is 6.45. The number of hydrogen-bond donors (Lipinski definition) is 1. The molecule has 23 heavy (non-hydrogen) atoms. The summed E-state index contributed by atoms with van der Waals surface area (Å²) in [5.41, 5.74) is 1.92. The van der Waals surface area contributed by atoms with Crippen LogP contribution in [-0.2, 0) is 7.05 Å². The van der Waals surface area contributed by atoms with Crippen LogP contribution in [0.1, 0.15) is 45.6 Å². The highest BCUT2D eigenvalue weighted by molar-refractivity contribution is 7.10. The Morgan fingerprint density at radius 3 is 2.61 bits per heavy atom. The maximum absolute atomic E-state index is 12.6. The standard InChI is InChI=1S/C17H23N3O2S/c1-11-12(2)23-10-14(11)17(22)20-7-4-13(5-8-20)15(21)16-18-6-9-19(16)3/h6,9-10,13,15,21H,4-5,7-8H2,1-3H3/t15-/m1/s1. The number of carbonyl (C=O) groups excluding carboxylic acids is 1. The first-order chi connectivity index (χ1) is 11.0. The van der Waals surface area contributed by atoms with Crippen LogP contribution in [0.4, 0.5) is 0 Å². The van der Waals surface area contributed by atoms with Gasteiger partial charge in [0.05, 0.1) is 5.56 Å². The third-order valence-corrected chi connectivity index (χ3v) is 5.93. The van der Waals surface area contributed by atoms with E-state index in [1.807, 2.05) is 41.9 Å². The second-order valence-corrected chi connectivity index (χ2v) is 7.39. The molecule has 0 unspecified atom stereocenters. The lowest BCUT2D eigenvalue weighted by molar-refractivity contribution is 0.0420. The molecule has 2 aromatic heterocycles. The fourth-order valence-corrected chi connectivity index (χ4v) is 4.05. The molecule has 1 aliphatic rings. The number of carbonyl (C=O) groups is 1. The Morgan fingerprint density at radius 2 is 2.09 bits per heavy atom. The average Bonchev–Trinajstić information content (AvgIpc) is 3.13. The van der Waals surface area contributed by atoms with Crippen LogP contribution in [0.3, 0.4) is 0 Å². The SMILES string of the molecule is Cc1scc(C(=O)N2CCC([C@@H](O)c3nccn3C)CC2)c1C. The summed E-state index contributed by atoms with van der Waals surface area (Å²) in [7, 11) is 1.89. The molecule has 1 N–H and O–H groups in total. The summed E-state index contributed by atoms with van der Waals surface area (Å²) in [6.45, 7) is 5.45. The number of hydrogen-bond acceptors (Lipinski definition) is 4. The largest absolute Gasteiger partial charge is 0.385 e. The van der Waals surface area contributed by atoms with Crippen molar-refractivity contribution in [3.63, 3.8) is 0 Å². The minimum atomic E-state index is -0.558. The summed E-state index contributed by atoms with van der Waals surface area (Å²) in [6, 6.07) is 0. The van der Waals surface area contributed by atoms with Gasteiger partial charge in [-0.15, -0.1) is 11.3 Å². The molecular weight excluding hydrogens is 310 g/mol. The van der Waals surface area contributed by atoms with E-state index in [0.717, 1.165) is 24.0 Å². The third-order valence-electron chi connectivity index (χ3n) is 4.91. The lowest BCUT2D eigenvalue weighted by atomic mass is 9.90. The first-order valence-corrected chi connectivity index (χ1v) is 8.86. The van der Waals surface area contributed by atoms with Gasteiger partial charge in [0.15, 0.2) is 0 Å². The number of rotatable bonds is 3. The molecule has 1 atom stereocenters. The number of nitrogens with zero attached hydrogens (tertiary/aromatic N) is 3. The van der Waals surface area contributed by atoms with Crippen LogP contribution in [0.15, 0.2) is 17.8 Å². The van der Waals surface area contributed by atoms with E-state index in [4.69, 9.17) is 0 Å². The number of aliphatic hydroxyl groups excluding tert-OH is 1. The van der Waals surface area contributed by atoms with Crippen LogP contribution in [0, 0.1) is 19.8 Å². The van der Waals surface area contributed by atoms with Gasteiger partial charge in [-0.2, -0.15) is 0 Å². The van der Waals surface area contributed by atoms with Crippen molar-refractivity contribution in [2.24, 2.45) is 13.0 Å². The van der Waals surface area contributed by atoms with Crippen molar-refractivity contribution < 1.29 is 9.90 Å². The van der Waals surface area contributed by atoms with Gasteiger partial charge < -0.3 is 14.6 Å². The molecule has 0 radical (unpaired) electrons. The highest BCUT2D eigenvalue weighted by Gasteiger charge is 2.31. The number of piperidine rings is 1. The maximum Gasteiger partial charge on any atom is 0.254 e. The number of aromatic nitrogens is 2. The first-order valence-electron chi connectivity index (χ1n) is 7.98. The summed E-state index contributed by atoms with van der Waals surface area (Å²) in [6.07, 6.45) is 4.61. The van der Waals surface area contributed by atoms with Crippen molar-refractivity contribution in [3.8, 4) is 0 Å². The van der Waals surface area contributed by atoms with Gasteiger partial charge in [0.1, 0.15) is 11.9 Å². The van der Waals surface area contributed by atoms with Crippen molar-refractivity contribution >= 4 is 17.2 Å². The monoisotopic (exact) mass is 333 g/mol. The van der Waals surface area contributed by atoms with Crippen LogP contribution in [-0.4, -0.2) is 38.6 Å². The van der Waals surface area contributed by atoms with Crippen LogP contribution in [0.25, 0.3) is 0 Å². The molecule has 5 nitrogen and oxygen atoms in total. The summed E-state index contributed by atoms with van der Waals surface area (Å²) >= 11 is 1.63. The van der Waals surface area contributed by atoms with Crippen LogP contribution >= 0.6 is 11.3 Å². The molecule has 124 valence electrons. The summed E-state index contributed by atoms with van der Waals surface area (Å²) in [5, 5.41) is 12.5. The molecular formula is C17H23N3O2S. The third kappa shape index (κ3) is 3.05. The molecule has 1 aliphatic heterocycles. The molecule has 6 heteroatoms. The molecule has 3 rings (SSSR count). The van der Waals surface area contributed by atoms with Crippen molar-refractivity contribution in [2.45, 2.75) is 32.8 Å². The number of imidazole rings is 1. The lowest BCUT2D eigenvalue weighted by Gasteiger charge is -2.34. The van der Waals surface area contributed by atoms with Crippen molar-refractivity contribution in [1.29, 1.82) is 0 Å². The molecule has 1 fully saturated rings. The topological polar surface area (TPSA) is 58.4 Å². The molecule has 1 amide bonds. The lowest BCUT2D eigenvalue weighted by Crippen LogP contribution is -2.40. The van der Waals surface area contributed by atoms with Gasteiger partial charge in [-0.25, -0.2) is 4.98 Å². The summed E-state index contributed by atoms with van der Waals surface area (Å²) in [5.74, 6) is 0.987. The molecule has 0 aliphatic carbocycles. The zero-order valence-electron chi connectivity index (χ0n) is 13.8. The summed E-state index contributed by atoms with van der Waals surface area (Å²) < 4.78 is 1.86. The minimum Gasteiger partial charge on any atom is -0.385 e. The van der Waals surface area contributed by atoms with Gasteiger partial charge in [0.25, 0.3) is 5.91 Å². The highest BCUT2D eigenvalue weighted by atomic mass is 32.1. The van der Waals surface area contributed by atoms with Gasteiger partial charge in [-0.05, 0) is 38.2 Å². The van der Waals surface area contributed by atoms with E-state index in [1.165, 1.54) is 4.88 Å². The van der Waals surface area contributed by atoms with Gasteiger partial charge in [0.2, 0.25) is 0 Å². The number of thiophene rings is 1. The van der Waals surface area contributed by atoms with E-state index in [2.05, 4.69) is 4.98 Å². The Bertz CT molecular complexity index is 699. The van der Waals surface area contributed by atoms with Crippen molar-refractivity contribution in [3.05, 3.63) is 39.6 Å². The van der Waals surface area contributed by atoms with Gasteiger partial charge in [-0.1, -0.05) is 0 Å². The quantitative estimate of drug-likeness (QED) is 0.939. The fraction of sp³-hybridized carbons (Fsp3) is 0.529. The number of aryl methyl sites for hydroxylation is 2. The van der Waals surface area contributed by atoms with Gasteiger partial charge in [-0.3, -0.25) is 4.79 Å². The molecule has 0 spiro atoms. The zero-order chi connectivity index (χ0) is 16.6. The van der Waals surface area contributed by atoms with Crippen LogP contribution in [0.2, 0.25) is 0 Å². The van der Waals surface area contributed by atoms with E-state index >= 15 is 0 Å². The Balaban J connectivity index is 1.63. The van der Waals surface area contributed by atoms with Crippen molar-refractivity contribution in [1.82, 2.24) is 14.5 Å². The normalized spacial score (nSPS) is 17.5. The summed E-state index contributed by atoms with van der Waals surface area (Å²) in [4.78, 5) is 20.0. The highest BCUT2D eigenvalue weighted by Crippen LogP contribution is 2.31. The number of amides is 1. The van der Waals surface area contributed by atoms with Crippen LogP contribution < -0.4 is 0 Å². The van der Waals surface area contributed by atoms with E-state index in [0.29, 0.717) is 18.9 Å². The van der Waals surface area contributed by atoms with E-state index in [-0.39, 0.29) is 11.8 Å². The number of likely N-dealkylation sites (tertiary alicyclic amines) is 1. The minimum absolute atomic E-state index is 0.122. The number of aliphatic hydroxyl groups is 1. The van der Waals surface area contributed by atoms with E-state index < -0.39 is 6.10 Å². The Morgan fingerprint density at radius 1 is 1.39 bits per heavy atom. The fourth-order valence-electron chi connectivity index (χ4n) is 3.19. The average molecular weight is 333 g/mol. The molecule has 0 aromatic carbocycles. The van der Waals surface area contributed by atoms with Crippen LogP contribution in [0.5, 0.6) is 0 Å². The molecule has 1 saturated heterocycles. The zero-order valence-corrected chi connectivity index (χ0v) is 14.6. The second-order valence-electron chi connectivity index (χ2n) is 6.30. The Hall–Kier alpha value is -1.66. The van der Waals surface area contributed by atoms with Crippen molar-refractivity contribution in [2.75, 3.05) is 13.1 Å². The van der Waals surface area contributed by atoms with E-state index in [1.54, 1.807) is 17.5 Å². The Labute approximate surface area is 140 Å². The van der Waals surface area contributed by atoms with Gasteiger partial charge in [0, 0.05) is 42.8 Å². The van der Waals surface area contributed by atoms with Gasteiger partial charge >= 0.3 is 0 Å². The molecule has 0 bridgehead atoms. The molecule has 0 saturated carbocycles.